The normalized spacial score (nSPS) is 11.4. The summed E-state index contributed by atoms with van der Waals surface area (Å²) in [5.74, 6) is -0.294. The molecule has 108 valence electrons. The quantitative estimate of drug-likeness (QED) is 0.606. The van der Waals surface area contributed by atoms with Gasteiger partial charge in [-0.05, 0) is 32.9 Å². The predicted octanol–water partition coefficient (Wildman–Crippen LogP) is 4.41. The first-order valence-electron chi connectivity index (χ1n) is 6.00. The van der Waals surface area contributed by atoms with Gasteiger partial charge in [-0.2, -0.15) is 0 Å². The van der Waals surface area contributed by atoms with Gasteiger partial charge in [-0.25, -0.2) is 9.18 Å². The van der Waals surface area contributed by atoms with E-state index in [0.717, 1.165) is 6.07 Å². The highest BCUT2D eigenvalue weighted by molar-refractivity contribution is 5.68. The van der Waals surface area contributed by atoms with Crippen LogP contribution in [0.3, 0.4) is 0 Å². The molecule has 0 aliphatic heterocycles. The van der Waals surface area contributed by atoms with Crippen LogP contribution in [0.15, 0.2) is 41.1 Å². The highest BCUT2D eigenvalue weighted by atomic mass is 19.1. The minimum absolute atomic E-state index is 0.178. The second-order valence-electron chi connectivity index (χ2n) is 4.89. The molecule has 0 atom stereocenters. The lowest BCUT2D eigenvalue weighted by Gasteiger charge is -2.16. The Morgan fingerprint density at radius 3 is 2.75 bits per heavy atom. The van der Waals surface area contributed by atoms with Crippen LogP contribution in [-0.2, 0) is 4.74 Å². The predicted molar refractivity (Wildman–Crippen MR) is 72.8 cm³/mol. The molecular formula is C14H17FN2O3. The van der Waals surface area contributed by atoms with Crippen LogP contribution in [0.25, 0.3) is 0 Å². The summed E-state index contributed by atoms with van der Waals surface area (Å²) in [6, 6.07) is 3.72. The maximum absolute atomic E-state index is 13.1. The van der Waals surface area contributed by atoms with Gasteiger partial charge in [0, 0.05) is 6.07 Å². The van der Waals surface area contributed by atoms with Crippen LogP contribution in [0.2, 0.25) is 0 Å². The first-order valence-corrected chi connectivity index (χ1v) is 6.00. The molecule has 5 nitrogen and oxygen atoms in total. The van der Waals surface area contributed by atoms with E-state index in [1.165, 1.54) is 18.2 Å². The van der Waals surface area contributed by atoms with Crippen molar-refractivity contribution >= 4 is 11.8 Å². The smallest absolute Gasteiger partial charge is 0.452 e. The van der Waals surface area contributed by atoms with E-state index in [1.807, 2.05) is 0 Å². The van der Waals surface area contributed by atoms with Crippen LogP contribution in [-0.4, -0.2) is 18.3 Å². The Balaban J connectivity index is 2.85. The van der Waals surface area contributed by atoms with E-state index < -0.39 is 17.5 Å². The lowest BCUT2D eigenvalue weighted by molar-refractivity contribution is 0.0592. The molecule has 1 aromatic carbocycles. The minimum atomic E-state index is -0.823. The summed E-state index contributed by atoms with van der Waals surface area (Å²) in [6.45, 7) is 8.85. The van der Waals surface area contributed by atoms with Crippen molar-refractivity contribution in [2.75, 3.05) is 6.61 Å². The van der Waals surface area contributed by atoms with Gasteiger partial charge in [0.15, 0.2) is 0 Å². The Morgan fingerprint density at radius 1 is 1.45 bits per heavy atom. The Bertz CT molecular complexity index is 522. The van der Waals surface area contributed by atoms with Gasteiger partial charge in [0.2, 0.25) is 0 Å². The number of benzene rings is 1. The van der Waals surface area contributed by atoms with Gasteiger partial charge in [-0.15, -0.1) is 5.11 Å². The van der Waals surface area contributed by atoms with Crippen molar-refractivity contribution in [2.45, 2.75) is 26.4 Å². The number of azo groups is 1. The lowest BCUT2D eigenvalue weighted by atomic mass is 10.2. The number of halogens is 1. The maximum Gasteiger partial charge on any atom is 0.452 e. The summed E-state index contributed by atoms with van der Waals surface area (Å²) < 4.78 is 23.3. The summed E-state index contributed by atoms with van der Waals surface area (Å²) in [6.07, 6.45) is 0.691. The summed E-state index contributed by atoms with van der Waals surface area (Å²) in [7, 11) is 0. The number of hydrogen-bond donors (Lipinski definition) is 0. The molecule has 0 saturated heterocycles. The molecule has 0 radical (unpaired) electrons. The molecule has 1 amide bonds. The fourth-order valence-electron chi connectivity index (χ4n) is 1.21. The van der Waals surface area contributed by atoms with Gasteiger partial charge in [0.25, 0.3) is 0 Å². The number of carbonyl (C=O) groups excluding carboxylic acids is 1. The SMILES string of the molecule is C=CCOc1cc(F)ccc1N=NC(=O)OC(C)(C)C. The van der Waals surface area contributed by atoms with Gasteiger partial charge in [-0.3, -0.25) is 0 Å². The number of amides is 1. The number of ether oxygens (including phenoxy) is 2. The van der Waals surface area contributed by atoms with E-state index in [2.05, 4.69) is 16.8 Å². The zero-order valence-electron chi connectivity index (χ0n) is 11.7. The molecule has 0 bridgehead atoms. The second kappa shape index (κ2) is 6.79. The summed E-state index contributed by atoms with van der Waals surface area (Å²) in [5, 5.41) is 7.12. The van der Waals surface area contributed by atoms with Gasteiger partial charge < -0.3 is 9.47 Å². The Kier molecular flexibility index (Phi) is 5.37. The highest BCUT2D eigenvalue weighted by Crippen LogP contribution is 2.28. The Morgan fingerprint density at radius 2 is 2.15 bits per heavy atom. The van der Waals surface area contributed by atoms with Crippen LogP contribution < -0.4 is 4.74 Å². The first kappa shape index (κ1) is 15.8. The van der Waals surface area contributed by atoms with Gasteiger partial charge in [-0.1, -0.05) is 17.8 Å². The van der Waals surface area contributed by atoms with Crippen LogP contribution in [0.5, 0.6) is 5.75 Å². The number of nitrogens with zero attached hydrogens (tertiary/aromatic N) is 2. The van der Waals surface area contributed by atoms with Crippen molar-refractivity contribution in [3.8, 4) is 5.75 Å². The average Bonchev–Trinajstić information content (AvgIpc) is 2.33. The van der Waals surface area contributed by atoms with Gasteiger partial charge in [0.05, 0.1) is 0 Å². The largest absolute Gasteiger partial charge is 0.487 e. The molecule has 20 heavy (non-hydrogen) atoms. The van der Waals surface area contributed by atoms with Crippen LogP contribution in [0, 0.1) is 5.82 Å². The van der Waals surface area contributed by atoms with Crippen molar-refractivity contribution in [1.82, 2.24) is 0 Å². The first-order chi connectivity index (χ1) is 9.31. The molecule has 6 heteroatoms. The Labute approximate surface area is 117 Å². The Hall–Kier alpha value is -2.24. The third-order valence-corrected chi connectivity index (χ3v) is 1.91. The molecule has 0 aromatic heterocycles. The second-order valence-corrected chi connectivity index (χ2v) is 4.89. The summed E-state index contributed by atoms with van der Waals surface area (Å²) >= 11 is 0. The fourth-order valence-corrected chi connectivity index (χ4v) is 1.21. The third-order valence-electron chi connectivity index (χ3n) is 1.91. The molecule has 0 unspecified atom stereocenters. The van der Waals surface area contributed by atoms with Gasteiger partial charge in [0.1, 0.15) is 29.5 Å². The minimum Gasteiger partial charge on any atom is -0.487 e. The summed E-state index contributed by atoms with van der Waals surface area (Å²) in [5.41, 5.74) is -0.416. The van der Waals surface area contributed by atoms with Crippen molar-refractivity contribution in [1.29, 1.82) is 0 Å². The lowest BCUT2D eigenvalue weighted by Crippen LogP contribution is -2.21. The molecule has 0 saturated carbocycles. The van der Waals surface area contributed by atoms with Crippen LogP contribution in [0.4, 0.5) is 14.9 Å². The zero-order chi connectivity index (χ0) is 15.2. The zero-order valence-corrected chi connectivity index (χ0v) is 11.7. The molecule has 0 N–H and O–H groups in total. The standard InChI is InChI=1S/C14H17FN2O3/c1-5-8-19-12-9-10(15)6-7-11(12)16-17-13(18)20-14(2,3)4/h5-7,9H,1,8H2,2-4H3. The third kappa shape index (κ3) is 5.60. The molecule has 0 aliphatic rings. The van der Waals surface area contributed by atoms with E-state index in [1.54, 1.807) is 20.8 Å². The van der Waals surface area contributed by atoms with Crippen molar-refractivity contribution in [3.63, 3.8) is 0 Å². The molecule has 1 rings (SSSR count). The topological polar surface area (TPSA) is 60.2 Å². The van der Waals surface area contributed by atoms with Crippen LogP contribution in [0.1, 0.15) is 20.8 Å². The fraction of sp³-hybridized carbons (Fsp3) is 0.357. The average molecular weight is 280 g/mol. The van der Waals surface area contributed by atoms with E-state index in [-0.39, 0.29) is 18.0 Å². The van der Waals surface area contributed by atoms with Crippen molar-refractivity contribution in [3.05, 3.63) is 36.7 Å². The van der Waals surface area contributed by atoms with E-state index in [9.17, 15) is 9.18 Å². The van der Waals surface area contributed by atoms with Crippen LogP contribution >= 0.6 is 0 Å². The number of rotatable bonds is 4. The maximum atomic E-state index is 13.1. The molecule has 0 fully saturated rings. The number of hydrogen-bond acceptors (Lipinski definition) is 4. The molecule has 0 aliphatic carbocycles. The summed E-state index contributed by atoms with van der Waals surface area (Å²) in [4.78, 5) is 11.4. The highest BCUT2D eigenvalue weighted by Gasteiger charge is 2.16. The van der Waals surface area contributed by atoms with E-state index in [4.69, 9.17) is 9.47 Å². The number of carbonyl (C=O) groups is 1. The molecule has 1 aromatic rings. The molecule has 0 heterocycles. The van der Waals surface area contributed by atoms with Crippen molar-refractivity contribution < 1.29 is 18.7 Å². The monoisotopic (exact) mass is 280 g/mol. The van der Waals surface area contributed by atoms with Gasteiger partial charge >= 0.3 is 6.09 Å². The molecular weight excluding hydrogens is 263 g/mol. The van der Waals surface area contributed by atoms with E-state index in [0.29, 0.717) is 0 Å². The molecule has 0 spiro atoms. The van der Waals surface area contributed by atoms with Crippen molar-refractivity contribution in [2.24, 2.45) is 10.2 Å². The van der Waals surface area contributed by atoms with E-state index >= 15 is 0 Å².